The van der Waals surface area contributed by atoms with E-state index in [9.17, 15) is 14.7 Å². The lowest BCUT2D eigenvalue weighted by Crippen LogP contribution is -2.48. The number of aromatic hydroxyl groups is 1. The molecule has 0 aliphatic rings. The number of phenols is 1. The molecule has 0 aromatic heterocycles. The van der Waals surface area contributed by atoms with Gasteiger partial charge < -0.3 is 26.6 Å². The summed E-state index contributed by atoms with van der Waals surface area (Å²) in [5, 5.41) is 22.9. The van der Waals surface area contributed by atoms with Gasteiger partial charge in [-0.3, -0.25) is 14.4 Å². The molecule has 0 heterocycles. The van der Waals surface area contributed by atoms with E-state index in [-0.39, 0.29) is 23.6 Å². The summed E-state index contributed by atoms with van der Waals surface area (Å²) in [7, 11) is 0. The van der Waals surface area contributed by atoms with E-state index >= 15 is 0 Å². The van der Waals surface area contributed by atoms with Crippen molar-refractivity contribution in [2.45, 2.75) is 44.7 Å². The van der Waals surface area contributed by atoms with Crippen LogP contribution in [0.1, 0.15) is 55.3 Å². The zero-order chi connectivity index (χ0) is 27.2. The highest BCUT2D eigenvalue weighted by Crippen LogP contribution is 2.25. The molecule has 2 amide bonds. The summed E-state index contributed by atoms with van der Waals surface area (Å²) in [6.07, 6.45) is 1.04. The topological polar surface area (TPSA) is 142 Å². The van der Waals surface area contributed by atoms with Gasteiger partial charge in [-0.1, -0.05) is 72.8 Å². The number of carbonyl (C=O) groups excluding carboxylic acids is 2. The van der Waals surface area contributed by atoms with Crippen molar-refractivity contribution >= 4 is 17.8 Å². The minimum Gasteiger partial charge on any atom is -0.508 e. The Kier molecular flexibility index (Phi) is 11.8. The molecule has 3 rings (SSSR count). The van der Waals surface area contributed by atoms with Crippen LogP contribution in [0.2, 0.25) is 0 Å². The second kappa shape index (κ2) is 15.1. The van der Waals surface area contributed by atoms with Gasteiger partial charge in [0.1, 0.15) is 11.8 Å². The maximum atomic E-state index is 13.5. The summed E-state index contributed by atoms with van der Waals surface area (Å²) in [6, 6.07) is 24.8. The number of benzene rings is 3. The van der Waals surface area contributed by atoms with E-state index in [1.165, 1.54) is 0 Å². The Morgan fingerprint density at radius 3 is 1.73 bits per heavy atom. The molecule has 0 aliphatic heterocycles. The average molecular weight is 506 g/mol. The van der Waals surface area contributed by atoms with Crippen molar-refractivity contribution in [1.29, 1.82) is 0 Å². The number of nitrogens with two attached hydrogens (primary N) is 1. The van der Waals surface area contributed by atoms with Crippen LogP contribution in [-0.4, -0.2) is 40.6 Å². The van der Waals surface area contributed by atoms with E-state index in [0.29, 0.717) is 19.4 Å². The summed E-state index contributed by atoms with van der Waals surface area (Å²) < 4.78 is 0. The van der Waals surface area contributed by atoms with Crippen LogP contribution in [0.5, 0.6) is 5.75 Å². The van der Waals surface area contributed by atoms with Crippen LogP contribution >= 0.6 is 0 Å². The number of amides is 2. The number of nitrogens with one attached hydrogen (secondary N) is 2. The molecule has 0 radical (unpaired) electrons. The predicted octanol–water partition coefficient (Wildman–Crippen LogP) is 3.72. The van der Waals surface area contributed by atoms with Crippen molar-refractivity contribution in [3.05, 3.63) is 102 Å². The number of aliphatic carboxylic acids is 1. The van der Waals surface area contributed by atoms with Crippen LogP contribution < -0.4 is 16.4 Å². The molecule has 3 aromatic carbocycles. The normalized spacial score (nSPS) is 12.0. The molecule has 8 nitrogen and oxygen atoms in total. The second-order valence-corrected chi connectivity index (χ2v) is 8.59. The lowest BCUT2D eigenvalue weighted by molar-refractivity contribution is -0.134. The van der Waals surface area contributed by atoms with Gasteiger partial charge in [-0.25, -0.2) is 0 Å². The monoisotopic (exact) mass is 505 g/mol. The first-order valence-electron chi connectivity index (χ1n) is 12.1. The molecule has 0 fully saturated rings. The van der Waals surface area contributed by atoms with E-state index < -0.39 is 17.9 Å². The Morgan fingerprint density at radius 2 is 1.27 bits per heavy atom. The first kappa shape index (κ1) is 29.1. The maximum Gasteiger partial charge on any atom is 0.300 e. The molecule has 0 saturated carbocycles. The minimum absolute atomic E-state index is 0.165. The van der Waals surface area contributed by atoms with E-state index in [2.05, 4.69) is 10.6 Å². The van der Waals surface area contributed by atoms with Crippen LogP contribution in [0.15, 0.2) is 84.9 Å². The smallest absolute Gasteiger partial charge is 0.300 e. The average Bonchev–Trinajstić information content (AvgIpc) is 2.88. The molecule has 8 heteroatoms. The van der Waals surface area contributed by atoms with Gasteiger partial charge in [0, 0.05) is 6.92 Å². The van der Waals surface area contributed by atoms with Crippen LogP contribution in [-0.2, 0) is 14.4 Å². The first-order valence-corrected chi connectivity index (χ1v) is 12.1. The first-order chi connectivity index (χ1) is 17.7. The molecule has 0 aliphatic carbocycles. The van der Waals surface area contributed by atoms with Crippen LogP contribution in [0.3, 0.4) is 0 Å². The summed E-state index contributed by atoms with van der Waals surface area (Å²) in [5.74, 6) is -1.70. The van der Waals surface area contributed by atoms with Crippen LogP contribution in [0, 0.1) is 0 Å². The SMILES string of the molecule is CC(=O)O.C[C@@H](NC(=O)[C@@H](CCCN)NC(=O)C(c1ccccc1)c1ccccc1)c1ccc(O)cc1. The van der Waals surface area contributed by atoms with Crippen LogP contribution in [0.4, 0.5) is 0 Å². The van der Waals surface area contributed by atoms with E-state index in [1.807, 2.05) is 67.6 Å². The molecular formula is C29H35N3O5. The molecule has 0 spiro atoms. The fraction of sp³-hybridized carbons (Fsp3) is 0.276. The third kappa shape index (κ3) is 9.77. The molecule has 0 bridgehead atoms. The number of carboxylic acids is 1. The standard InChI is InChI=1S/C27H31N3O3.C2H4O2/c1-19(20-14-16-23(31)17-15-20)29-26(32)24(13-8-18-28)30-27(33)25(21-9-4-2-5-10-21)22-11-6-3-7-12-22;1-2(3)4/h2-7,9-12,14-17,19,24-25,31H,8,13,18,28H2,1H3,(H,29,32)(H,30,33);1H3,(H,3,4)/t19-,24-;/m1./s1. The largest absolute Gasteiger partial charge is 0.508 e. The summed E-state index contributed by atoms with van der Waals surface area (Å²) in [5.41, 5.74) is 8.26. The molecular weight excluding hydrogens is 470 g/mol. The fourth-order valence-electron chi connectivity index (χ4n) is 3.79. The summed E-state index contributed by atoms with van der Waals surface area (Å²) in [4.78, 5) is 35.6. The molecule has 3 aromatic rings. The molecule has 0 saturated heterocycles. The Morgan fingerprint density at radius 1 is 0.784 bits per heavy atom. The van der Waals surface area contributed by atoms with Crippen molar-refractivity contribution in [3.8, 4) is 5.75 Å². The van der Waals surface area contributed by atoms with E-state index in [4.69, 9.17) is 15.6 Å². The predicted molar refractivity (Wildman–Crippen MR) is 143 cm³/mol. The highest BCUT2D eigenvalue weighted by atomic mass is 16.4. The molecule has 0 unspecified atom stereocenters. The van der Waals surface area contributed by atoms with Crippen molar-refractivity contribution in [2.24, 2.45) is 5.73 Å². The quantitative estimate of drug-likeness (QED) is 0.284. The van der Waals surface area contributed by atoms with Crippen LogP contribution in [0.25, 0.3) is 0 Å². The number of hydrogen-bond acceptors (Lipinski definition) is 5. The highest BCUT2D eigenvalue weighted by molar-refractivity contribution is 5.92. The lowest BCUT2D eigenvalue weighted by atomic mass is 9.90. The zero-order valence-corrected chi connectivity index (χ0v) is 21.1. The zero-order valence-electron chi connectivity index (χ0n) is 21.1. The minimum atomic E-state index is -0.833. The third-order valence-electron chi connectivity index (χ3n) is 5.61. The maximum absolute atomic E-state index is 13.5. The van der Waals surface area contributed by atoms with Gasteiger partial charge in [-0.2, -0.15) is 0 Å². The number of phenolic OH excluding ortho intramolecular Hbond substituents is 1. The van der Waals surface area contributed by atoms with Gasteiger partial charge in [0.05, 0.1) is 12.0 Å². The fourth-order valence-corrected chi connectivity index (χ4v) is 3.79. The van der Waals surface area contributed by atoms with Gasteiger partial charge >= 0.3 is 0 Å². The number of carboxylic acid groups (broad SMARTS) is 1. The van der Waals surface area contributed by atoms with E-state index in [1.54, 1.807) is 24.3 Å². The summed E-state index contributed by atoms with van der Waals surface area (Å²) in [6.45, 7) is 3.37. The number of rotatable bonds is 10. The number of carbonyl (C=O) groups is 3. The second-order valence-electron chi connectivity index (χ2n) is 8.59. The van der Waals surface area contributed by atoms with Gasteiger partial charge in [0.15, 0.2) is 0 Å². The van der Waals surface area contributed by atoms with Crippen molar-refractivity contribution in [1.82, 2.24) is 10.6 Å². The Hall–Kier alpha value is -4.17. The van der Waals surface area contributed by atoms with Crippen molar-refractivity contribution in [3.63, 3.8) is 0 Å². The number of hydrogen-bond donors (Lipinski definition) is 5. The van der Waals surface area contributed by atoms with Crippen molar-refractivity contribution in [2.75, 3.05) is 6.54 Å². The molecule has 2 atom stereocenters. The lowest BCUT2D eigenvalue weighted by Gasteiger charge is -2.24. The molecule has 196 valence electrons. The molecule has 37 heavy (non-hydrogen) atoms. The molecule has 6 N–H and O–H groups in total. The van der Waals surface area contributed by atoms with Gasteiger partial charge in [-0.15, -0.1) is 0 Å². The third-order valence-corrected chi connectivity index (χ3v) is 5.61. The Bertz CT molecular complexity index is 1080. The van der Waals surface area contributed by atoms with E-state index in [0.717, 1.165) is 23.6 Å². The van der Waals surface area contributed by atoms with Crippen molar-refractivity contribution < 1.29 is 24.6 Å². The highest BCUT2D eigenvalue weighted by Gasteiger charge is 2.28. The Labute approximate surface area is 217 Å². The Balaban J connectivity index is 0.00000112. The van der Waals surface area contributed by atoms with Gasteiger partial charge in [0.25, 0.3) is 5.97 Å². The summed E-state index contributed by atoms with van der Waals surface area (Å²) >= 11 is 0. The van der Waals surface area contributed by atoms with Gasteiger partial charge in [-0.05, 0) is 55.1 Å². The van der Waals surface area contributed by atoms with Gasteiger partial charge in [0.2, 0.25) is 11.8 Å².